The van der Waals surface area contributed by atoms with Crippen LogP contribution in [0.25, 0.3) is 5.57 Å². The van der Waals surface area contributed by atoms with E-state index in [0.717, 1.165) is 49.9 Å². The molecule has 0 bridgehead atoms. The first-order chi connectivity index (χ1) is 11.9. The third kappa shape index (κ3) is 4.06. The van der Waals surface area contributed by atoms with Crippen LogP contribution in [0.15, 0.2) is 18.7 Å². The Hall–Kier alpha value is -1.81. The molecule has 0 heterocycles. The van der Waals surface area contributed by atoms with Crippen molar-refractivity contribution in [2.45, 2.75) is 52.5 Å². The Bertz CT molecular complexity index is 633. The number of anilines is 1. The van der Waals surface area contributed by atoms with Crippen LogP contribution in [0, 0.1) is 5.92 Å². The molecule has 138 valence electrons. The number of Topliss-reactive ketones (excluding diaryl/α,β-unsaturated/α-hetero) is 1. The number of carbonyl (C=O) groups excluding carboxylic acids is 1. The first kappa shape index (κ1) is 19.5. The van der Waals surface area contributed by atoms with Crippen molar-refractivity contribution in [2.24, 2.45) is 5.92 Å². The van der Waals surface area contributed by atoms with Gasteiger partial charge in [0.25, 0.3) is 0 Å². The van der Waals surface area contributed by atoms with Crippen LogP contribution < -0.4 is 10.5 Å². The molecule has 2 atom stereocenters. The third-order valence-electron chi connectivity index (χ3n) is 5.25. The second-order valence-electron chi connectivity index (χ2n) is 6.98. The van der Waals surface area contributed by atoms with E-state index < -0.39 is 0 Å². The Morgan fingerprint density at radius 1 is 1.36 bits per heavy atom. The monoisotopic (exact) mass is 344 g/mol. The quantitative estimate of drug-likeness (QED) is 0.726. The molecule has 2 N–H and O–H groups in total. The number of hydrogen-bond donors (Lipinski definition) is 1. The number of methoxy groups -OCH3 is 1. The predicted molar refractivity (Wildman–Crippen MR) is 105 cm³/mol. The fourth-order valence-electron chi connectivity index (χ4n) is 3.84. The van der Waals surface area contributed by atoms with Crippen LogP contribution in [0.2, 0.25) is 0 Å². The molecule has 0 amide bonds. The van der Waals surface area contributed by atoms with Gasteiger partial charge in [0.05, 0.1) is 18.8 Å². The molecule has 0 spiro atoms. The van der Waals surface area contributed by atoms with Crippen LogP contribution in [0.3, 0.4) is 0 Å². The maximum absolute atomic E-state index is 13.2. The lowest BCUT2D eigenvalue weighted by Gasteiger charge is -2.33. The van der Waals surface area contributed by atoms with E-state index in [2.05, 4.69) is 25.3 Å². The summed E-state index contributed by atoms with van der Waals surface area (Å²) in [5.74, 6) is 0.861. The molecular weight excluding hydrogens is 312 g/mol. The number of hydrogen-bond acceptors (Lipinski definition) is 4. The van der Waals surface area contributed by atoms with Crippen molar-refractivity contribution < 1.29 is 9.53 Å². The molecule has 2 rings (SSSR count). The van der Waals surface area contributed by atoms with Crippen molar-refractivity contribution in [3.8, 4) is 5.75 Å². The van der Waals surface area contributed by atoms with Crippen LogP contribution in [0.4, 0.5) is 5.69 Å². The van der Waals surface area contributed by atoms with Crippen molar-refractivity contribution in [1.29, 1.82) is 0 Å². The van der Waals surface area contributed by atoms with Gasteiger partial charge in [-0.25, -0.2) is 0 Å². The lowest BCUT2D eigenvalue weighted by Crippen LogP contribution is -2.43. The Labute approximate surface area is 152 Å². The smallest absolute Gasteiger partial charge is 0.157 e. The summed E-state index contributed by atoms with van der Waals surface area (Å²) in [4.78, 5) is 15.5. The van der Waals surface area contributed by atoms with E-state index in [9.17, 15) is 4.79 Å². The number of nitrogen functional groups attached to an aromatic ring is 1. The lowest BCUT2D eigenvalue weighted by atomic mass is 9.76. The molecule has 1 aliphatic carbocycles. The third-order valence-corrected chi connectivity index (χ3v) is 5.25. The van der Waals surface area contributed by atoms with Gasteiger partial charge in [-0.15, -0.1) is 0 Å². The highest BCUT2D eigenvalue weighted by atomic mass is 16.5. The minimum absolute atomic E-state index is 0.0706. The molecule has 1 aromatic carbocycles. The predicted octanol–water partition coefficient (Wildman–Crippen LogP) is 3.93. The van der Waals surface area contributed by atoms with Crippen molar-refractivity contribution in [3.63, 3.8) is 0 Å². The van der Waals surface area contributed by atoms with E-state index in [-0.39, 0.29) is 17.7 Å². The molecule has 0 saturated heterocycles. The summed E-state index contributed by atoms with van der Waals surface area (Å²) in [6.45, 7) is 12.5. The summed E-state index contributed by atoms with van der Waals surface area (Å²) in [7, 11) is 1.62. The van der Waals surface area contributed by atoms with E-state index in [0.29, 0.717) is 11.4 Å². The Morgan fingerprint density at radius 3 is 2.56 bits per heavy atom. The lowest BCUT2D eigenvalue weighted by molar-refractivity contribution is -0.126. The van der Waals surface area contributed by atoms with Gasteiger partial charge < -0.3 is 10.5 Å². The van der Waals surface area contributed by atoms with E-state index in [1.54, 1.807) is 7.11 Å². The van der Waals surface area contributed by atoms with Gasteiger partial charge >= 0.3 is 0 Å². The first-order valence-corrected chi connectivity index (χ1v) is 9.37. The number of carbonyl (C=O) groups is 1. The highest BCUT2D eigenvalue weighted by Gasteiger charge is 2.33. The second-order valence-corrected chi connectivity index (χ2v) is 6.98. The van der Waals surface area contributed by atoms with Crippen molar-refractivity contribution >= 4 is 17.0 Å². The molecule has 0 radical (unpaired) electrons. The molecule has 0 aromatic heterocycles. The minimum Gasteiger partial charge on any atom is -0.495 e. The highest BCUT2D eigenvalue weighted by Crippen LogP contribution is 2.39. The van der Waals surface area contributed by atoms with Gasteiger partial charge in [0, 0.05) is 5.92 Å². The number of nitrogens with two attached hydrogens (primary N) is 1. The maximum Gasteiger partial charge on any atom is 0.157 e. The van der Waals surface area contributed by atoms with Gasteiger partial charge in [-0.3, -0.25) is 9.69 Å². The average Bonchev–Trinajstić information content (AvgIpc) is 2.60. The molecule has 1 aromatic rings. The summed E-state index contributed by atoms with van der Waals surface area (Å²) in [5.41, 5.74) is 9.76. The first-order valence-electron chi connectivity index (χ1n) is 9.37. The zero-order valence-corrected chi connectivity index (χ0v) is 16.1. The molecule has 25 heavy (non-hydrogen) atoms. The number of allylic oxidation sites excluding steroid dienone is 1. The molecule has 4 heteroatoms. The van der Waals surface area contributed by atoms with Gasteiger partial charge in [0.2, 0.25) is 0 Å². The second kappa shape index (κ2) is 8.52. The number of nitrogens with zero attached hydrogens (tertiary/aromatic N) is 1. The van der Waals surface area contributed by atoms with Crippen molar-refractivity contribution in [1.82, 2.24) is 4.90 Å². The molecule has 2 unspecified atom stereocenters. The topological polar surface area (TPSA) is 55.6 Å². The molecular formula is C21H32N2O2. The van der Waals surface area contributed by atoms with Crippen LogP contribution in [-0.2, 0) is 11.2 Å². The number of aryl methyl sites for hydroxylation is 1. The fourth-order valence-corrected chi connectivity index (χ4v) is 3.84. The number of fused-ring (bicyclic) bond motifs is 1. The van der Waals surface area contributed by atoms with Gasteiger partial charge in [-0.05, 0) is 74.5 Å². The number of ether oxygens (including phenoxy) is 1. The standard InChI is InChI=1S/C21H32N2O2/c1-6-10-23(11-7-2)15(4)21(24)17-9-8-16-12-20(25-5)19(22)13-18(16)14(17)3/h12-13,15,17H,3,6-11,22H2,1-2,4-5H3. The minimum atomic E-state index is -0.119. The van der Waals surface area contributed by atoms with E-state index >= 15 is 0 Å². The largest absolute Gasteiger partial charge is 0.495 e. The highest BCUT2D eigenvalue weighted by molar-refractivity contribution is 5.97. The molecule has 0 fully saturated rings. The van der Waals surface area contributed by atoms with Gasteiger partial charge in [-0.2, -0.15) is 0 Å². The van der Waals surface area contributed by atoms with E-state index in [4.69, 9.17) is 10.5 Å². The van der Waals surface area contributed by atoms with Crippen molar-refractivity contribution in [2.75, 3.05) is 25.9 Å². The summed E-state index contributed by atoms with van der Waals surface area (Å²) in [6, 6.07) is 3.83. The average molecular weight is 344 g/mol. The van der Waals surface area contributed by atoms with Gasteiger partial charge in [-0.1, -0.05) is 20.4 Å². The fraction of sp³-hybridized carbons (Fsp3) is 0.571. The molecule has 1 aliphatic rings. The summed E-state index contributed by atoms with van der Waals surface area (Å²) in [6.07, 6.45) is 3.79. The SMILES string of the molecule is C=C1c2cc(N)c(OC)cc2CCC1C(=O)C(C)N(CCC)CCC. The Morgan fingerprint density at radius 2 is 2.00 bits per heavy atom. The van der Waals surface area contributed by atoms with E-state index in [1.165, 1.54) is 5.56 Å². The normalized spacial score (nSPS) is 18.1. The van der Waals surface area contributed by atoms with Crippen LogP contribution in [0.5, 0.6) is 5.75 Å². The maximum atomic E-state index is 13.2. The molecule has 0 aliphatic heterocycles. The summed E-state index contributed by atoms with van der Waals surface area (Å²) in [5, 5.41) is 0. The number of benzene rings is 1. The van der Waals surface area contributed by atoms with E-state index in [1.807, 2.05) is 19.1 Å². The zero-order valence-electron chi connectivity index (χ0n) is 16.1. The van der Waals surface area contributed by atoms with Crippen LogP contribution >= 0.6 is 0 Å². The van der Waals surface area contributed by atoms with Crippen molar-refractivity contribution in [3.05, 3.63) is 29.8 Å². The van der Waals surface area contributed by atoms with Crippen LogP contribution in [0.1, 0.15) is 51.2 Å². The summed E-state index contributed by atoms with van der Waals surface area (Å²) >= 11 is 0. The van der Waals surface area contributed by atoms with Crippen LogP contribution in [-0.4, -0.2) is 36.9 Å². The summed E-state index contributed by atoms with van der Waals surface area (Å²) < 4.78 is 5.32. The number of rotatable bonds is 8. The molecule has 0 saturated carbocycles. The Kier molecular flexibility index (Phi) is 6.65. The van der Waals surface area contributed by atoms with Gasteiger partial charge in [0.15, 0.2) is 5.78 Å². The van der Waals surface area contributed by atoms with Gasteiger partial charge in [0.1, 0.15) is 5.75 Å². The zero-order chi connectivity index (χ0) is 18.6. The Balaban J connectivity index is 2.22. The number of ketones is 1. The molecule has 4 nitrogen and oxygen atoms in total.